The van der Waals surface area contributed by atoms with Crippen LogP contribution in [0.25, 0.3) is 0 Å². The van der Waals surface area contributed by atoms with E-state index >= 15 is 0 Å². The molecule has 2 heterocycles. The highest BCUT2D eigenvalue weighted by atomic mass is 32.1. The number of thiazole rings is 1. The molecule has 176 valence electrons. The fourth-order valence-electron chi connectivity index (χ4n) is 3.72. The molecule has 1 saturated heterocycles. The quantitative estimate of drug-likeness (QED) is 0.307. The molecule has 0 saturated carbocycles. The Bertz CT molecular complexity index is 1250. The van der Waals surface area contributed by atoms with Gasteiger partial charge in [-0.2, -0.15) is 0 Å². The first-order chi connectivity index (χ1) is 16.2. The number of nitrogen functional groups attached to an aromatic ring is 1. The molecule has 12 heteroatoms. The Morgan fingerprint density at radius 2 is 1.79 bits per heavy atom. The van der Waals surface area contributed by atoms with Crippen molar-refractivity contribution >= 4 is 39.7 Å². The van der Waals surface area contributed by atoms with E-state index in [2.05, 4.69) is 10.3 Å². The molecular weight excluding hydrogens is 468 g/mol. The second-order valence-corrected chi connectivity index (χ2v) is 8.68. The van der Waals surface area contributed by atoms with Crippen LogP contribution in [0.5, 0.6) is 0 Å². The summed E-state index contributed by atoms with van der Waals surface area (Å²) in [5.41, 5.74) is 5.25. The van der Waals surface area contributed by atoms with Gasteiger partial charge in [0, 0.05) is 36.8 Å². The highest BCUT2D eigenvalue weighted by Gasteiger charge is 2.27. The van der Waals surface area contributed by atoms with Crippen molar-refractivity contribution in [2.45, 2.75) is 18.9 Å². The van der Waals surface area contributed by atoms with Crippen LogP contribution in [0.4, 0.5) is 25.4 Å². The van der Waals surface area contributed by atoms with Gasteiger partial charge in [-0.3, -0.25) is 19.7 Å². The van der Waals surface area contributed by atoms with Crippen LogP contribution < -0.4 is 11.1 Å². The zero-order chi connectivity index (χ0) is 24.4. The minimum Gasteiger partial charge on any atom is -0.382 e. The van der Waals surface area contributed by atoms with Crippen molar-refractivity contribution in [1.29, 1.82) is 0 Å². The molecule has 0 atom stereocenters. The minimum atomic E-state index is -0.979. The summed E-state index contributed by atoms with van der Waals surface area (Å²) >= 11 is 0.907. The molecule has 3 aromatic rings. The molecule has 9 nitrogen and oxygen atoms in total. The SMILES string of the molecule is Nc1nc(NC2CCN(C(=O)c3cccc([N+](=O)[O-])c3)CC2)sc1C(=O)c1c(F)cccc1F. The Kier molecular flexibility index (Phi) is 6.50. The highest BCUT2D eigenvalue weighted by molar-refractivity contribution is 7.18. The number of nitro groups is 1. The predicted molar refractivity (Wildman–Crippen MR) is 122 cm³/mol. The zero-order valence-corrected chi connectivity index (χ0v) is 18.5. The number of hydrogen-bond donors (Lipinski definition) is 2. The van der Waals surface area contributed by atoms with E-state index in [1.165, 1.54) is 30.3 Å². The van der Waals surface area contributed by atoms with E-state index in [0.29, 0.717) is 31.1 Å². The smallest absolute Gasteiger partial charge is 0.270 e. The van der Waals surface area contributed by atoms with Gasteiger partial charge in [-0.05, 0) is 31.0 Å². The maximum absolute atomic E-state index is 14.0. The van der Waals surface area contributed by atoms with Gasteiger partial charge >= 0.3 is 0 Å². The number of nitro benzene ring substituents is 1. The number of carbonyl (C=O) groups excluding carboxylic acids is 2. The molecule has 34 heavy (non-hydrogen) atoms. The predicted octanol–water partition coefficient (Wildman–Crippen LogP) is 3.86. The number of anilines is 2. The van der Waals surface area contributed by atoms with Crippen LogP contribution >= 0.6 is 11.3 Å². The molecule has 1 aliphatic heterocycles. The molecule has 1 aromatic heterocycles. The molecule has 0 radical (unpaired) electrons. The van der Waals surface area contributed by atoms with Gasteiger partial charge in [0.15, 0.2) is 5.13 Å². The lowest BCUT2D eigenvalue weighted by molar-refractivity contribution is -0.384. The Labute approximate surface area is 196 Å². The molecule has 1 amide bonds. The van der Waals surface area contributed by atoms with Gasteiger partial charge in [0.05, 0.1) is 10.5 Å². The Morgan fingerprint density at radius 3 is 2.44 bits per heavy atom. The van der Waals surface area contributed by atoms with E-state index in [4.69, 9.17) is 5.73 Å². The number of likely N-dealkylation sites (tertiary alicyclic amines) is 1. The standard InChI is InChI=1S/C22H19F2N5O4S/c23-15-5-2-6-16(24)17(15)18(30)19-20(25)27-22(34-19)26-13-7-9-28(10-8-13)21(31)12-3-1-4-14(11-12)29(32)33/h1-6,11,13H,7-10,25H2,(H,26,27). The van der Waals surface area contributed by atoms with Crippen LogP contribution in [0.3, 0.4) is 0 Å². The van der Waals surface area contributed by atoms with Gasteiger partial charge in [-0.1, -0.05) is 23.5 Å². The van der Waals surface area contributed by atoms with Gasteiger partial charge in [-0.15, -0.1) is 0 Å². The van der Waals surface area contributed by atoms with Crippen molar-refractivity contribution in [2.24, 2.45) is 0 Å². The lowest BCUT2D eigenvalue weighted by atomic mass is 10.0. The number of nitrogens with one attached hydrogen (secondary N) is 1. The normalized spacial score (nSPS) is 14.1. The number of aromatic nitrogens is 1. The first-order valence-corrected chi connectivity index (χ1v) is 11.1. The largest absolute Gasteiger partial charge is 0.382 e. The van der Waals surface area contributed by atoms with E-state index in [-0.39, 0.29) is 33.9 Å². The monoisotopic (exact) mass is 487 g/mol. The van der Waals surface area contributed by atoms with Crippen molar-refractivity contribution in [1.82, 2.24) is 9.88 Å². The summed E-state index contributed by atoms with van der Waals surface area (Å²) in [6.07, 6.45) is 1.12. The van der Waals surface area contributed by atoms with Crippen molar-refractivity contribution in [3.63, 3.8) is 0 Å². The Balaban J connectivity index is 1.39. The summed E-state index contributed by atoms with van der Waals surface area (Å²) in [4.78, 5) is 41.4. The second kappa shape index (κ2) is 9.51. The molecule has 3 N–H and O–H groups in total. The van der Waals surface area contributed by atoms with Gasteiger partial charge in [-0.25, -0.2) is 13.8 Å². The van der Waals surface area contributed by atoms with Gasteiger partial charge in [0.2, 0.25) is 5.78 Å². The Morgan fingerprint density at radius 1 is 1.15 bits per heavy atom. The van der Waals surface area contributed by atoms with Crippen LogP contribution in [-0.4, -0.2) is 45.6 Å². The first-order valence-electron chi connectivity index (χ1n) is 10.3. The summed E-state index contributed by atoms with van der Waals surface area (Å²) in [5, 5.41) is 14.4. The summed E-state index contributed by atoms with van der Waals surface area (Å²) in [6, 6.07) is 8.67. The van der Waals surface area contributed by atoms with E-state index in [9.17, 15) is 28.5 Å². The molecular formula is C22H19F2N5O4S. The number of rotatable bonds is 6. The number of nitrogens with two attached hydrogens (primary N) is 1. The van der Waals surface area contributed by atoms with Crippen molar-refractivity contribution in [3.8, 4) is 0 Å². The number of nitrogens with zero attached hydrogens (tertiary/aromatic N) is 3. The first kappa shape index (κ1) is 23.2. The second-order valence-electron chi connectivity index (χ2n) is 7.68. The topological polar surface area (TPSA) is 131 Å². The van der Waals surface area contributed by atoms with Crippen LogP contribution in [0.2, 0.25) is 0 Å². The number of hydrogen-bond acceptors (Lipinski definition) is 8. The van der Waals surface area contributed by atoms with Gasteiger partial charge in [0.1, 0.15) is 22.3 Å². The average Bonchev–Trinajstić information content (AvgIpc) is 3.18. The molecule has 2 aromatic carbocycles. The summed E-state index contributed by atoms with van der Waals surface area (Å²) in [6.45, 7) is 0.818. The molecule has 0 aliphatic carbocycles. The van der Waals surface area contributed by atoms with E-state index < -0.39 is 27.9 Å². The highest BCUT2D eigenvalue weighted by Crippen LogP contribution is 2.30. The van der Waals surface area contributed by atoms with Gasteiger partial charge in [0.25, 0.3) is 11.6 Å². The fraction of sp³-hybridized carbons (Fsp3) is 0.227. The Hall–Kier alpha value is -3.93. The summed E-state index contributed by atoms with van der Waals surface area (Å²) in [5.74, 6) is -3.25. The van der Waals surface area contributed by atoms with E-state index in [1.807, 2.05) is 0 Å². The third-order valence-corrected chi connectivity index (χ3v) is 6.46. The maximum atomic E-state index is 14.0. The number of ketones is 1. The molecule has 0 unspecified atom stereocenters. The molecule has 4 rings (SSSR count). The average molecular weight is 487 g/mol. The molecule has 0 spiro atoms. The van der Waals surface area contributed by atoms with E-state index in [1.54, 1.807) is 4.90 Å². The fourth-order valence-corrected chi connectivity index (χ4v) is 4.63. The lowest BCUT2D eigenvalue weighted by Gasteiger charge is -2.32. The number of halogens is 2. The molecule has 1 aliphatic rings. The van der Waals surface area contributed by atoms with Gasteiger partial charge < -0.3 is 16.0 Å². The maximum Gasteiger partial charge on any atom is 0.270 e. The van der Waals surface area contributed by atoms with Crippen LogP contribution in [-0.2, 0) is 0 Å². The summed E-state index contributed by atoms with van der Waals surface area (Å²) < 4.78 is 28.0. The van der Waals surface area contributed by atoms with Crippen LogP contribution in [0.15, 0.2) is 42.5 Å². The third-order valence-electron chi connectivity index (χ3n) is 5.46. The van der Waals surface area contributed by atoms with Crippen LogP contribution in [0.1, 0.15) is 38.4 Å². The lowest BCUT2D eigenvalue weighted by Crippen LogP contribution is -2.42. The number of amides is 1. The molecule has 0 bridgehead atoms. The van der Waals surface area contributed by atoms with E-state index in [0.717, 1.165) is 23.5 Å². The number of piperidine rings is 1. The number of benzene rings is 2. The van der Waals surface area contributed by atoms with Crippen LogP contribution in [0, 0.1) is 21.7 Å². The minimum absolute atomic E-state index is 0.0650. The number of carbonyl (C=O) groups is 2. The van der Waals surface area contributed by atoms with Crippen molar-refractivity contribution < 1.29 is 23.3 Å². The number of non-ortho nitro benzene ring substituents is 1. The zero-order valence-electron chi connectivity index (χ0n) is 17.7. The van der Waals surface area contributed by atoms with Crippen molar-refractivity contribution in [2.75, 3.05) is 24.1 Å². The third kappa shape index (κ3) is 4.71. The van der Waals surface area contributed by atoms with Crippen molar-refractivity contribution in [3.05, 3.63) is 80.2 Å². The summed E-state index contributed by atoms with van der Waals surface area (Å²) in [7, 11) is 0. The molecule has 1 fully saturated rings.